The van der Waals surface area contributed by atoms with Crippen LogP contribution < -0.4 is 9.80 Å². The Morgan fingerprint density at radius 2 is 1.89 bits per heavy atom. The first-order chi connectivity index (χ1) is 18.1. The third-order valence-corrected chi connectivity index (χ3v) is 7.26. The number of aromatic nitrogens is 7. The molecule has 0 saturated heterocycles. The van der Waals surface area contributed by atoms with Gasteiger partial charge in [0.05, 0.1) is 24.4 Å². The molecule has 9 nitrogen and oxygen atoms in total. The summed E-state index contributed by atoms with van der Waals surface area (Å²) in [4.78, 5) is 9.49. The van der Waals surface area contributed by atoms with E-state index < -0.39 is 11.7 Å². The van der Waals surface area contributed by atoms with Gasteiger partial charge >= 0.3 is 12.1 Å². The topological polar surface area (TPSA) is 82.0 Å². The first-order valence-electron chi connectivity index (χ1n) is 12.9. The Kier molecular flexibility index (Phi) is 7.08. The first kappa shape index (κ1) is 26.1. The van der Waals surface area contributed by atoms with Crippen LogP contribution in [-0.4, -0.2) is 48.1 Å². The van der Waals surface area contributed by atoms with Crippen LogP contribution in [0.15, 0.2) is 30.5 Å². The molecule has 0 amide bonds. The van der Waals surface area contributed by atoms with Crippen molar-refractivity contribution >= 4 is 22.8 Å². The average Bonchev–Trinajstić information content (AvgIpc) is 3.42. The average molecular weight is 529 g/mol. The molecule has 3 aromatic heterocycles. The van der Waals surface area contributed by atoms with Crippen LogP contribution in [0.1, 0.15) is 48.4 Å². The Hall–Kier alpha value is -3.54. The van der Waals surface area contributed by atoms with Gasteiger partial charge in [0.25, 0.3) is 0 Å². The van der Waals surface area contributed by atoms with E-state index in [1.807, 2.05) is 7.05 Å². The highest BCUT2D eigenvalue weighted by atomic mass is 19.4. The van der Waals surface area contributed by atoms with Crippen molar-refractivity contribution in [3.63, 3.8) is 0 Å². The van der Waals surface area contributed by atoms with Crippen molar-refractivity contribution < 1.29 is 18.1 Å². The Labute approximate surface area is 219 Å². The number of hydrogen-bond donors (Lipinski definition) is 1. The summed E-state index contributed by atoms with van der Waals surface area (Å²) in [6.45, 7) is 6.20. The molecule has 0 bridgehead atoms. The molecule has 1 atom stereocenters. The minimum absolute atomic E-state index is 0.260. The van der Waals surface area contributed by atoms with Crippen LogP contribution in [0.5, 0.6) is 0 Å². The standard InChI is InChI=1S/C26H32F3N9/c1-5-37(14-18-7-6-8-18)24-21(12-20-13-30-35(3)23(20)31-24)16-38(25-32-34-36(4)33-25)15-19-9-17(2)10-22(11-19)26(27,28)29/h9-13,18H,5-8,14-16H2,1-4H3/p+1. The van der Waals surface area contributed by atoms with Crippen molar-refractivity contribution in [2.75, 3.05) is 18.0 Å². The van der Waals surface area contributed by atoms with Crippen LogP contribution in [-0.2, 0) is 33.4 Å². The van der Waals surface area contributed by atoms with Gasteiger partial charge in [-0.05, 0) is 56.0 Å². The molecule has 1 aliphatic carbocycles. The van der Waals surface area contributed by atoms with E-state index in [2.05, 4.69) is 38.4 Å². The van der Waals surface area contributed by atoms with Gasteiger partial charge in [-0.2, -0.15) is 23.1 Å². The fourth-order valence-electron chi connectivity index (χ4n) is 5.12. The van der Waals surface area contributed by atoms with Gasteiger partial charge in [-0.1, -0.05) is 28.2 Å². The van der Waals surface area contributed by atoms with Crippen LogP contribution >= 0.6 is 0 Å². The van der Waals surface area contributed by atoms with E-state index in [1.165, 1.54) is 36.2 Å². The predicted octanol–water partition coefficient (Wildman–Crippen LogP) is 3.36. The van der Waals surface area contributed by atoms with E-state index in [0.29, 0.717) is 29.5 Å². The molecule has 5 rings (SSSR count). The first-order valence-corrected chi connectivity index (χ1v) is 12.9. The quantitative estimate of drug-likeness (QED) is 0.359. The highest BCUT2D eigenvalue weighted by Gasteiger charge is 2.32. The zero-order valence-electron chi connectivity index (χ0n) is 22.1. The van der Waals surface area contributed by atoms with Gasteiger partial charge in [-0.15, -0.1) is 0 Å². The lowest BCUT2D eigenvalue weighted by Gasteiger charge is -2.33. The van der Waals surface area contributed by atoms with Crippen molar-refractivity contribution in [1.82, 2.24) is 35.0 Å². The van der Waals surface area contributed by atoms with Gasteiger partial charge in [-0.3, -0.25) is 9.58 Å². The maximum absolute atomic E-state index is 13.6. The molecule has 38 heavy (non-hydrogen) atoms. The molecule has 4 aromatic rings. The second kappa shape index (κ2) is 10.3. The molecule has 0 aliphatic heterocycles. The number of alkyl halides is 3. The normalized spacial score (nSPS) is 15.1. The van der Waals surface area contributed by atoms with Crippen molar-refractivity contribution in [2.24, 2.45) is 20.0 Å². The number of halogens is 3. The minimum atomic E-state index is -4.42. The SMILES string of the molecule is CCN(CC1CCC1)c1nc2c(cnn2C)cc1C[NH+](Cc1cc(C)cc(C(F)(F)F)c1)c1nnn(C)n1. The molecule has 202 valence electrons. The fourth-order valence-corrected chi connectivity index (χ4v) is 5.12. The largest absolute Gasteiger partial charge is 0.416 e. The molecule has 1 unspecified atom stereocenters. The number of hydrogen-bond acceptors (Lipinski definition) is 6. The summed E-state index contributed by atoms with van der Waals surface area (Å²) in [5.41, 5.74) is 2.22. The summed E-state index contributed by atoms with van der Waals surface area (Å²) in [5.74, 6) is 1.93. The lowest BCUT2D eigenvalue weighted by molar-refractivity contribution is -0.866. The van der Waals surface area contributed by atoms with Gasteiger partial charge in [-0.25, -0.2) is 4.98 Å². The summed E-state index contributed by atoms with van der Waals surface area (Å²) >= 11 is 0. The summed E-state index contributed by atoms with van der Waals surface area (Å²) in [7, 11) is 3.55. The molecular formula is C26H33F3N9+. The Bertz CT molecular complexity index is 1420. The van der Waals surface area contributed by atoms with Crippen molar-refractivity contribution in [3.05, 3.63) is 52.7 Å². The molecule has 1 aliphatic rings. The number of benzene rings is 1. The minimum Gasteiger partial charge on any atom is -0.356 e. The fraction of sp³-hybridized carbons (Fsp3) is 0.500. The molecule has 3 heterocycles. The molecule has 1 fully saturated rings. The number of anilines is 1. The maximum Gasteiger partial charge on any atom is 0.416 e. The van der Waals surface area contributed by atoms with Crippen LogP contribution in [0, 0.1) is 12.8 Å². The van der Waals surface area contributed by atoms with Crippen LogP contribution in [0.2, 0.25) is 0 Å². The van der Waals surface area contributed by atoms with E-state index in [1.54, 1.807) is 30.9 Å². The molecule has 12 heteroatoms. The number of rotatable bonds is 9. The molecule has 0 radical (unpaired) electrons. The number of aryl methyl sites for hydroxylation is 3. The number of fused-ring (bicyclic) bond motifs is 1. The van der Waals surface area contributed by atoms with Gasteiger partial charge in [0.15, 0.2) is 5.65 Å². The summed E-state index contributed by atoms with van der Waals surface area (Å²) in [5, 5.41) is 17.9. The Balaban J connectivity index is 1.55. The summed E-state index contributed by atoms with van der Waals surface area (Å²) in [6.07, 6.45) is 1.06. The number of tetrazole rings is 1. The third-order valence-electron chi connectivity index (χ3n) is 7.26. The summed E-state index contributed by atoms with van der Waals surface area (Å²) in [6, 6.07) is 6.25. The maximum atomic E-state index is 13.6. The molecular weight excluding hydrogens is 495 g/mol. The zero-order chi connectivity index (χ0) is 27.0. The van der Waals surface area contributed by atoms with Crippen molar-refractivity contribution in [2.45, 2.75) is 52.4 Å². The van der Waals surface area contributed by atoms with Crippen LogP contribution in [0.25, 0.3) is 11.0 Å². The predicted molar refractivity (Wildman–Crippen MR) is 137 cm³/mol. The molecule has 1 aromatic carbocycles. The van der Waals surface area contributed by atoms with Crippen molar-refractivity contribution in [3.8, 4) is 0 Å². The number of nitrogens with one attached hydrogen (secondary N) is 1. The van der Waals surface area contributed by atoms with Crippen LogP contribution in [0.4, 0.5) is 24.9 Å². The summed E-state index contributed by atoms with van der Waals surface area (Å²) < 4.78 is 42.4. The van der Waals surface area contributed by atoms with Crippen LogP contribution in [0.3, 0.4) is 0 Å². The lowest BCUT2D eigenvalue weighted by Crippen LogP contribution is -3.05. The van der Waals surface area contributed by atoms with Gasteiger partial charge < -0.3 is 4.90 Å². The van der Waals surface area contributed by atoms with E-state index >= 15 is 0 Å². The van der Waals surface area contributed by atoms with Crippen molar-refractivity contribution in [1.29, 1.82) is 0 Å². The van der Waals surface area contributed by atoms with Gasteiger partial charge in [0, 0.05) is 31.1 Å². The second-order valence-electron chi connectivity index (χ2n) is 10.3. The molecule has 0 spiro atoms. The Morgan fingerprint density at radius 1 is 1.11 bits per heavy atom. The highest BCUT2D eigenvalue weighted by Crippen LogP contribution is 2.32. The molecule has 1 saturated carbocycles. The zero-order valence-corrected chi connectivity index (χ0v) is 22.1. The smallest absolute Gasteiger partial charge is 0.356 e. The number of pyridine rings is 1. The number of quaternary nitrogens is 1. The third kappa shape index (κ3) is 5.50. The van der Waals surface area contributed by atoms with E-state index in [-0.39, 0.29) is 6.54 Å². The molecule has 1 N–H and O–H groups in total. The Morgan fingerprint density at radius 3 is 2.53 bits per heavy atom. The lowest BCUT2D eigenvalue weighted by atomic mass is 9.85. The van der Waals surface area contributed by atoms with E-state index in [0.717, 1.165) is 40.4 Å². The van der Waals surface area contributed by atoms with E-state index in [4.69, 9.17) is 4.98 Å². The monoisotopic (exact) mass is 528 g/mol. The van der Waals surface area contributed by atoms with Gasteiger partial charge in [0.1, 0.15) is 18.9 Å². The highest BCUT2D eigenvalue weighted by molar-refractivity contribution is 5.78. The second-order valence-corrected chi connectivity index (χ2v) is 10.3. The number of nitrogens with zero attached hydrogens (tertiary/aromatic N) is 8. The van der Waals surface area contributed by atoms with E-state index in [9.17, 15) is 13.2 Å². The van der Waals surface area contributed by atoms with Gasteiger partial charge in [0.2, 0.25) is 0 Å².